The maximum absolute atomic E-state index is 12.1. The third-order valence-electron chi connectivity index (χ3n) is 3.39. The van der Waals surface area contributed by atoms with Gasteiger partial charge >= 0.3 is 0 Å². The minimum Gasteiger partial charge on any atom is -0.347 e. The fourth-order valence-electron chi connectivity index (χ4n) is 2.42. The second-order valence-corrected chi connectivity index (χ2v) is 5.42. The Kier molecular flexibility index (Phi) is 4.25. The van der Waals surface area contributed by atoms with Gasteiger partial charge in [-0.2, -0.15) is 0 Å². The summed E-state index contributed by atoms with van der Waals surface area (Å²) in [6, 6.07) is 7.89. The summed E-state index contributed by atoms with van der Waals surface area (Å²) in [5.41, 5.74) is 1.21. The average Bonchev–Trinajstić information content (AvgIpc) is 2.79. The molecule has 1 aliphatic rings. The van der Waals surface area contributed by atoms with Crippen molar-refractivity contribution >= 4 is 17.5 Å². The molecule has 1 heterocycles. The zero-order valence-corrected chi connectivity index (χ0v) is 11.7. The van der Waals surface area contributed by atoms with Gasteiger partial charge in [-0.25, -0.2) is 0 Å². The number of rotatable bonds is 3. The molecule has 0 aromatic heterocycles. The molecule has 1 saturated heterocycles. The van der Waals surface area contributed by atoms with Crippen LogP contribution in [0.25, 0.3) is 0 Å². The van der Waals surface area contributed by atoms with Crippen LogP contribution in [0.1, 0.15) is 18.4 Å². The van der Waals surface area contributed by atoms with E-state index in [1.807, 2.05) is 38.4 Å². The van der Waals surface area contributed by atoms with Gasteiger partial charge in [0.2, 0.25) is 5.91 Å². The van der Waals surface area contributed by atoms with Gasteiger partial charge in [0.1, 0.15) is 0 Å². The molecule has 0 aliphatic carbocycles. The van der Waals surface area contributed by atoms with Gasteiger partial charge in [-0.1, -0.05) is 23.7 Å². The fraction of sp³-hybridized carbons (Fsp3) is 0.500. The van der Waals surface area contributed by atoms with Crippen LogP contribution in [0.3, 0.4) is 0 Å². The van der Waals surface area contributed by atoms with Crippen LogP contribution in [0.2, 0.25) is 5.02 Å². The predicted molar refractivity (Wildman–Crippen MR) is 73.6 cm³/mol. The van der Waals surface area contributed by atoms with Gasteiger partial charge in [-0.15, -0.1) is 0 Å². The van der Waals surface area contributed by atoms with Gasteiger partial charge in [0.05, 0.1) is 6.04 Å². The van der Waals surface area contributed by atoms with Gasteiger partial charge in [0.15, 0.2) is 0 Å². The standard InChI is InChI=1S/C14H19ClN2O/c1-16(2)14(18)13-4-3-9-17(13)10-11-5-7-12(15)8-6-11/h5-8,13H,3-4,9-10H2,1-2H3/t13-/m0/s1. The molecule has 4 heteroatoms. The van der Waals surface area contributed by atoms with Crippen molar-refractivity contribution in [3.8, 4) is 0 Å². The maximum atomic E-state index is 12.1. The van der Waals surface area contributed by atoms with Crippen LogP contribution < -0.4 is 0 Å². The number of carbonyl (C=O) groups excluding carboxylic acids is 1. The SMILES string of the molecule is CN(C)C(=O)[C@@H]1CCCN1Cc1ccc(Cl)cc1. The molecule has 2 rings (SSSR count). The van der Waals surface area contributed by atoms with E-state index in [9.17, 15) is 4.79 Å². The third kappa shape index (κ3) is 3.03. The van der Waals surface area contributed by atoms with Gasteiger partial charge in [-0.3, -0.25) is 9.69 Å². The Morgan fingerprint density at radius 1 is 1.39 bits per heavy atom. The third-order valence-corrected chi connectivity index (χ3v) is 3.64. The Balaban J connectivity index is 2.04. The largest absolute Gasteiger partial charge is 0.347 e. The molecular weight excluding hydrogens is 248 g/mol. The van der Waals surface area contributed by atoms with Crippen molar-refractivity contribution in [1.29, 1.82) is 0 Å². The first-order chi connectivity index (χ1) is 8.58. The molecule has 1 aromatic rings. The van der Waals surface area contributed by atoms with Crippen molar-refractivity contribution in [1.82, 2.24) is 9.80 Å². The first kappa shape index (κ1) is 13.4. The number of nitrogens with zero attached hydrogens (tertiary/aromatic N) is 2. The van der Waals surface area contributed by atoms with Crippen molar-refractivity contribution in [2.24, 2.45) is 0 Å². The Morgan fingerprint density at radius 2 is 2.06 bits per heavy atom. The van der Waals surface area contributed by atoms with E-state index in [1.54, 1.807) is 4.90 Å². The number of hydrogen-bond acceptors (Lipinski definition) is 2. The molecule has 0 spiro atoms. The van der Waals surface area contributed by atoms with Gasteiger partial charge < -0.3 is 4.90 Å². The number of benzene rings is 1. The van der Waals surface area contributed by atoms with E-state index in [2.05, 4.69) is 4.90 Å². The Hall–Kier alpha value is -1.06. The van der Waals surface area contributed by atoms with E-state index >= 15 is 0 Å². The van der Waals surface area contributed by atoms with Crippen molar-refractivity contribution in [2.45, 2.75) is 25.4 Å². The summed E-state index contributed by atoms with van der Waals surface area (Å²) in [5.74, 6) is 0.210. The molecule has 0 radical (unpaired) electrons. The van der Waals surface area contributed by atoms with E-state index in [0.717, 1.165) is 31.0 Å². The van der Waals surface area contributed by atoms with Crippen LogP contribution >= 0.6 is 11.6 Å². The van der Waals surface area contributed by atoms with E-state index in [0.29, 0.717) is 0 Å². The molecule has 0 unspecified atom stereocenters. The predicted octanol–water partition coefficient (Wildman–Crippen LogP) is 2.39. The molecule has 1 aliphatic heterocycles. The highest BCUT2D eigenvalue weighted by atomic mass is 35.5. The van der Waals surface area contributed by atoms with E-state index < -0.39 is 0 Å². The maximum Gasteiger partial charge on any atom is 0.239 e. The minimum atomic E-state index is 0.0377. The number of carbonyl (C=O) groups is 1. The summed E-state index contributed by atoms with van der Waals surface area (Å²) < 4.78 is 0. The lowest BCUT2D eigenvalue weighted by Gasteiger charge is -2.26. The van der Waals surface area contributed by atoms with Gasteiger partial charge in [-0.05, 0) is 37.1 Å². The fourth-order valence-corrected chi connectivity index (χ4v) is 2.54. The monoisotopic (exact) mass is 266 g/mol. The molecular formula is C14H19ClN2O. The van der Waals surface area contributed by atoms with E-state index in [1.165, 1.54) is 5.56 Å². The van der Waals surface area contributed by atoms with E-state index in [-0.39, 0.29) is 11.9 Å². The molecule has 1 aromatic carbocycles. The summed E-state index contributed by atoms with van der Waals surface area (Å²) in [7, 11) is 3.64. The Morgan fingerprint density at radius 3 is 2.67 bits per heavy atom. The highest BCUT2D eigenvalue weighted by Crippen LogP contribution is 2.22. The van der Waals surface area contributed by atoms with Crippen LogP contribution in [0, 0.1) is 0 Å². The number of hydrogen-bond donors (Lipinski definition) is 0. The molecule has 0 N–H and O–H groups in total. The van der Waals surface area contributed by atoms with Crippen LogP contribution in [-0.2, 0) is 11.3 Å². The minimum absolute atomic E-state index is 0.0377. The first-order valence-corrected chi connectivity index (χ1v) is 6.65. The molecule has 0 bridgehead atoms. The number of likely N-dealkylation sites (N-methyl/N-ethyl adjacent to an activating group) is 1. The summed E-state index contributed by atoms with van der Waals surface area (Å²) in [5, 5.41) is 0.751. The number of likely N-dealkylation sites (tertiary alicyclic amines) is 1. The van der Waals surface area contributed by atoms with Crippen LogP contribution in [-0.4, -0.2) is 42.4 Å². The second kappa shape index (κ2) is 5.72. The molecule has 18 heavy (non-hydrogen) atoms. The van der Waals surface area contributed by atoms with Gasteiger partial charge in [0, 0.05) is 25.7 Å². The summed E-state index contributed by atoms with van der Waals surface area (Å²) in [6.45, 7) is 1.81. The molecule has 0 saturated carbocycles. The number of amides is 1. The molecule has 3 nitrogen and oxygen atoms in total. The second-order valence-electron chi connectivity index (χ2n) is 4.99. The van der Waals surface area contributed by atoms with Crippen molar-refractivity contribution in [3.05, 3.63) is 34.9 Å². The first-order valence-electron chi connectivity index (χ1n) is 6.27. The van der Waals surface area contributed by atoms with E-state index in [4.69, 9.17) is 11.6 Å². The molecule has 1 amide bonds. The summed E-state index contributed by atoms with van der Waals surface area (Å²) in [4.78, 5) is 16.0. The average molecular weight is 267 g/mol. The molecule has 1 atom stereocenters. The van der Waals surface area contributed by atoms with Crippen molar-refractivity contribution in [2.75, 3.05) is 20.6 Å². The topological polar surface area (TPSA) is 23.6 Å². The Labute approximate surface area is 113 Å². The van der Waals surface area contributed by atoms with Crippen molar-refractivity contribution in [3.63, 3.8) is 0 Å². The highest BCUT2D eigenvalue weighted by Gasteiger charge is 2.31. The lowest BCUT2D eigenvalue weighted by Crippen LogP contribution is -2.42. The Bertz CT molecular complexity index is 416. The quantitative estimate of drug-likeness (QED) is 0.839. The smallest absolute Gasteiger partial charge is 0.239 e. The zero-order valence-electron chi connectivity index (χ0n) is 10.9. The highest BCUT2D eigenvalue weighted by molar-refractivity contribution is 6.30. The van der Waals surface area contributed by atoms with Crippen LogP contribution in [0.5, 0.6) is 0 Å². The summed E-state index contributed by atoms with van der Waals surface area (Å²) >= 11 is 5.87. The zero-order chi connectivity index (χ0) is 13.1. The van der Waals surface area contributed by atoms with Crippen LogP contribution in [0.15, 0.2) is 24.3 Å². The van der Waals surface area contributed by atoms with Crippen LogP contribution in [0.4, 0.5) is 0 Å². The lowest BCUT2D eigenvalue weighted by atomic mass is 10.1. The summed E-state index contributed by atoms with van der Waals surface area (Å²) in [6.07, 6.45) is 2.06. The van der Waals surface area contributed by atoms with Crippen molar-refractivity contribution < 1.29 is 4.79 Å². The lowest BCUT2D eigenvalue weighted by molar-refractivity contribution is -0.133. The normalized spacial score (nSPS) is 20.1. The molecule has 1 fully saturated rings. The number of halogens is 1. The molecule has 98 valence electrons. The van der Waals surface area contributed by atoms with Gasteiger partial charge in [0.25, 0.3) is 0 Å².